The Kier molecular flexibility index (Phi) is 10.1. The van der Waals surface area contributed by atoms with Crippen molar-refractivity contribution in [1.29, 1.82) is 0 Å². The smallest absolute Gasteiger partial charge is 0.374 e. The zero-order valence-electron chi connectivity index (χ0n) is 15.3. The molecule has 9 heteroatoms. The van der Waals surface area contributed by atoms with E-state index in [1.165, 1.54) is 17.2 Å². The van der Waals surface area contributed by atoms with Crippen molar-refractivity contribution in [2.24, 2.45) is 0 Å². The number of aromatic nitrogens is 1. The summed E-state index contributed by atoms with van der Waals surface area (Å²) in [4.78, 5) is 19.1. The molecule has 1 aromatic rings. The molecule has 0 radical (unpaired) electrons. The van der Waals surface area contributed by atoms with Crippen LogP contribution in [0.1, 0.15) is 16.1 Å². The van der Waals surface area contributed by atoms with Crippen molar-refractivity contribution < 1.29 is 22.4 Å². The third-order valence-electron chi connectivity index (χ3n) is 3.23. The minimum absolute atomic E-state index is 0.167. The summed E-state index contributed by atoms with van der Waals surface area (Å²) in [6.45, 7) is 3.62. The first-order chi connectivity index (χ1) is 12.1. The van der Waals surface area contributed by atoms with Crippen LogP contribution in [0.5, 0.6) is 0 Å². The number of hydrogen-bond acceptors (Lipinski definition) is 3. The fourth-order valence-corrected chi connectivity index (χ4v) is 2.30. The largest absolute Gasteiger partial charge is 0.415 e. The first-order valence-electron chi connectivity index (χ1n) is 7.52. The van der Waals surface area contributed by atoms with Gasteiger partial charge in [-0.1, -0.05) is 6.58 Å². The van der Waals surface area contributed by atoms with Gasteiger partial charge in [0.1, 0.15) is 5.69 Å². The minimum Gasteiger partial charge on any atom is -0.374 e. The number of allylic oxidation sites excluding steroid dienone is 2. The fourth-order valence-electron chi connectivity index (χ4n) is 1.91. The minimum atomic E-state index is -4.51. The summed E-state index contributed by atoms with van der Waals surface area (Å²) in [5.74, 6) is -0.320. The Hall–Kier alpha value is -1.95. The lowest BCUT2D eigenvalue weighted by molar-refractivity contribution is -0.0878. The molecule has 4 nitrogen and oxygen atoms in total. The van der Waals surface area contributed by atoms with Gasteiger partial charge >= 0.3 is 6.18 Å². The normalized spacial score (nSPS) is 11.3. The SMILES string of the molecule is C=C(/C=C(/c1ccnc(C(=O)N(C)C)c1)N(C)CCP)C(F)(F)F.CF. The average Bonchev–Trinajstić information content (AvgIpc) is 2.59. The van der Waals surface area contributed by atoms with Gasteiger partial charge in [0.15, 0.2) is 0 Å². The molecule has 0 aliphatic carbocycles. The maximum Gasteiger partial charge on any atom is 0.415 e. The van der Waals surface area contributed by atoms with E-state index in [0.29, 0.717) is 31.1 Å². The molecule has 0 spiro atoms. The van der Waals surface area contributed by atoms with Crippen molar-refractivity contribution in [3.05, 3.63) is 47.8 Å². The van der Waals surface area contributed by atoms with Gasteiger partial charge in [-0.15, -0.1) is 9.24 Å². The average molecular weight is 393 g/mol. The van der Waals surface area contributed by atoms with Gasteiger partial charge in [-0.3, -0.25) is 14.2 Å². The lowest BCUT2D eigenvalue weighted by atomic mass is 10.1. The number of hydrogen-bond donors (Lipinski definition) is 0. The van der Waals surface area contributed by atoms with Crippen LogP contribution in [-0.4, -0.2) is 67.9 Å². The van der Waals surface area contributed by atoms with E-state index in [4.69, 9.17) is 0 Å². The monoisotopic (exact) mass is 393 g/mol. The van der Waals surface area contributed by atoms with Crippen LogP contribution in [0.3, 0.4) is 0 Å². The Morgan fingerprint density at radius 2 is 1.88 bits per heavy atom. The molecule has 0 aromatic carbocycles. The van der Waals surface area contributed by atoms with E-state index in [9.17, 15) is 22.4 Å². The van der Waals surface area contributed by atoms with Crippen molar-refractivity contribution in [1.82, 2.24) is 14.8 Å². The maximum absolute atomic E-state index is 12.8. The molecule has 1 amide bonds. The molecule has 0 aliphatic heterocycles. The van der Waals surface area contributed by atoms with Crippen LogP contribution in [0, 0.1) is 0 Å². The van der Waals surface area contributed by atoms with Crippen molar-refractivity contribution in [3.8, 4) is 0 Å². The summed E-state index contributed by atoms with van der Waals surface area (Å²) in [5.41, 5.74) is 0.0160. The molecule has 1 unspecified atom stereocenters. The number of halogens is 4. The van der Waals surface area contributed by atoms with Gasteiger partial charge in [-0.25, -0.2) is 0 Å². The number of nitrogens with zero attached hydrogens (tertiary/aromatic N) is 3. The zero-order chi connectivity index (χ0) is 20.5. The van der Waals surface area contributed by atoms with Gasteiger partial charge in [-0.05, 0) is 24.4 Å². The topological polar surface area (TPSA) is 36.4 Å². The molecule has 0 saturated heterocycles. The van der Waals surface area contributed by atoms with E-state index in [0.717, 1.165) is 6.08 Å². The Morgan fingerprint density at radius 3 is 2.35 bits per heavy atom. The summed E-state index contributed by atoms with van der Waals surface area (Å²) in [6.07, 6.45) is -1.44. The molecule has 0 saturated carbocycles. The van der Waals surface area contributed by atoms with Crippen LogP contribution in [0.2, 0.25) is 0 Å². The highest BCUT2D eigenvalue weighted by atomic mass is 31.0. The zero-order valence-corrected chi connectivity index (χ0v) is 16.4. The van der Waals surface area contributed by atoms with Crippen LogP contribution >= 0.6 is 9.24 Å². The molecular formula is C17H24F4N3OP. The van der Waals surface area contributed by atoms with E-state index < -0.39 is 11.7 Å². The van der Waals surface area contributed by atoms with Gasteiger partial charge in [0, 0.05) is 45.1 Å². The first kappa shape index (κ1) is 24.1. The van der Waals surface area contributed by atoms with E-state index in [1.807, 2.05) is 0 Å². The first-order valence-corrected chi connectivity index (χ1v) is 8.34. The van der Waals surface area contributed by atoms with E-state index >= 15 is 0 Å². The Morgan fingerprint density at radius 1 is 1.31 bits per heavy atom. The van der Waals surface area contributed by atoms with E-state index in [2.05, 4.69) is 20.8 Å². The van der Waals surface area contributed by atoms with E-state index in [-0.39, 0.29) is 11.6 Å². The van der Waals surface area contributed by atoms with Crippen LogP contribution in [0.4, 0.5) is 17.6 Å². The van der Waals surface area contributed by atoms with E-state index in [1.54, 1.807) is 32.1 Å². The second-order valence-corrected chi connectivity index (χ2v) is 5.97. The predicted octanol–water partition coefficient (Wildman–Crippen LogP) is 3.64. The van der Waals surface area contributed by atoms with Crippen molar-refractivity contribution >= 4 is 20.8 Å². The lowest BCUT2D eigenvalue weighted by Crippen LogP contribution is -2.24. The number of pyridine rings is 1. The highest BCUT2D eigenvalue weighted by molar-refractivity contribution is 7.16. The number of alkyl halides is 4. The number of carbonyl (C=O) groups is 1. The summed E-state index contributed by atoms with van der Waals surface area (Å²) >= 11 is 0. The third kappa shape index (κ3) is 7.12. The van der Waals surface area contributed by atoms with Crippen LogP contribution in [-0.2, 0) is 0 Å². The Bertz CT molecular complexity index is 645. The predicted molar refractivity (Wildman–Crippen MR) is 99.7 cm³/mol. The standard InChI is InChI=1S/C16H21F3N3OP.CH3F/c1-11(16(17,18)19)9-14(22(4)7-8-24)12-5-6-20-13(10-12)15(23)21(2)3;1-2/h5-6,9-10H,1,7-8,24H2,2-4H3;1H3/b14-9-;. The molecule has 1 atom stereocenters. The number of rotatable bonds is 6. The second-order valence-electron chi connectivity index (χ2n) is 5.39. The fraction of sp³-hybridized carbons (Fsp3) is 0.412. The van der Waals surface area contributed by atoms with Gasteiger partial charge in [0.25, 0.3) is 5.91 Å². The van der Waals surface area contributed by atoms with Gasteiger partial charge < -0.3 is 9.80 Å². The van der Waals surface area contributed by atoms with Gasteiger partial charge in [0.2, 0.25) is 0 Å². The maximum atomic E-state index is 12.8. The molecular weight excluding hydrogens is 369 g/mol. The molecule has 0 fully saturated rings. The Balaban J connectivity index is 0.00000301. The number of carbonyl (C=O) groups excluding carboxylic acids is 1. The summed E-state index contributed by atoms with van der Waals surface area (Å²) in [7, 11) is 7.88. The summed E-state index contributed by atoms with van der Waals surface area (Å²) in [5, 5.41) is 0. The molecule has 26 heavy (non-hydrogen) atoms. The van der Waals surface area contributed by atoms with Crippen molar-refractivity contribution in [2.45, 2.75) is 6.18 Å². The lowest BCUT2D eigenvalue weighted by Gasteiger charge is -2.23. The quantitative estimate of drug-likeness (QED) is 0.421. The van der Waals surface area contributed by atoms with Gasteiger partial charge in [-0.2, -0.15) is 13.2 Å². The van der Waals surface area contributed by atoms with Crippen LogP contribution < -0.4 is 0 Å². The molecule has 0 N–H and O–H groups in total. The van der Waals surface area contributed by atoms with Crippen LogP contribution in [0.15, 0.2) is 36.6 Å². The molecule has 0 bridgehead atoms. The number of amides is 1. The molecule has 1 heterocycles. The molecule has 146 valence electrons. The second kappa shape index (κ2) is 10.9. The third-order valence-corrected chi connectivity index (χ3v) is 3.49. The van der Waals surface area contributed by atoms with Crippen LogP contribution in [0.25, 0.3) is 5.70 Å². The highest BCUT2D eigenvalue weighted by Gasteiger charge is 2.31. The molecule has 1 aromatic heterocycles. The summed E-state index contributed by atoms with van der Waals surface area (Å²) in [6, 6.07) is 3.05. The van der Waals surface area contributed by atoms with Gasteiger partial charge in [0.05, 0.1) is 12.8 Å². The highest BCUT2D eigenvalue weighted by Crippen LogP contribution is 2.29. The molecule has 1 rings (SSSR count). The van der Waals surface area contributed by atoms with Crippen molar-refractivity contribution in [3.63, 3.8) is 0 Å². The molecule has 0 aliphatic rings. The van der Waals surface area contributed by atoms with Crippen molar-refractivity contribution in [2.75, 3.05) is 41.0 Å². The Labute approximate surface area is 153 Å². The summed E-state index contributed by atoms with van der Waals surface area (Å²) < 4.78 is 48.0.